The average molecular weight is 1570 g/mol. The first-order valence-electron chi connectivity index (χ1n) is 42.0. The molecule has 0 heterocycles. The van der Waals surface area contributed by atoms with Gasteiger partial charge in [-0.15, -0.1) is 0 Å². The molecule has 0 saturated heterocycles. The second-order valence-corrected chi connectivity index (χ2v) is 28.0. The maximum atomic E-state index is 16.2. The zero-order chi connectivity index (χ0) is 82.1. The highest BCUT2D eigenvalue weighted by atomic mass is 16.9. The third-order valence-corrected chi connectivity index (χ3v) is 19.5. The van der Waals surface area contributed by atoms with E-state index < -0.39 is 112 Å². The Morgan fingerprint density at radius 1 is 0.284 bits per heavy atom. The molecule has 2 saturated carbocycles. The summed E-state index contributed by atoms with van der Waals surface area (Å²) in [4.78, 5) is 32.4. The van der Waals surface area contributed by atoms with Crippen LogP contribution in [0.1, 0.15) is 269 Å². The molecule has 2 aliphatic rings. The maximum Gasteiger partial charge on any atom is 0.330 e. The molecule has 0 amide bonds. The lowest BCUT2D eigenvalue weighted by molar-refractivity contribution is -0.601. The van der Waals surface area contributed by atoms with Crippen molar-refractivity contribution in [3.63, 3.8) is 0 Å². The first kappa shape index (κ1) is 103. The van der Waals surface area contributed by atoms with E-state index in [9.17, 15) is 0 Å². The number of carbonyl (C=O) groups excluding carboxylic acids is 2. The van der Waals surface area contributed by atoms with Crippen molar-refractivity contribution >= 4 is 11.9 Å². The van der Waals surface area contributed by atoms with Crippen LogP contribution in [0.25, 0.3) is 0 Å². The fourth-order valence-electron chi connectivity index (χ4n) is 15.6. The van der Waals surface area contributed by atoms with Gasteiger partial charge in [-0.05, 0) is 145 Å². The van der Waals surface area contributed by atoms with Crippen LogP contribution in [0.15, 0.2) is 25.3 Å². The highest BCUT2D eigenvalue weighted by molar-refractivity contribution is 5.82. The fraction of sp³-hybridized carbons (Fsp3) is 0.928. The summed E-state index contributed by atoms with van der Waals surface area (Å²) >= 11 is 0. The molecule has 26 heteroatoms. The van der Waals surface area contributed by atoms with Crippen LogP contribution in [0, 0.1) is 5.41 Å². The first-order valence-corrected chi connectivity index (χ1v) is 42.0. The Bertz CT molecular complexity index is 2220. The molecule has 2 fully saturated rings. The van der Waals surface area contributed by atoms with E-state index in [-0.39, 0.29) is 171 Å². The average Bonchev–Trinajstić information content (AvgIpc) is 0.623. The van der Waals surface area contributed by atoms with Gasteiger partial charge < -0.3 is 114 Å². The number of esters is 2. The zero-order valence-electron chi connectivity index (χ0n) is 72.7. The van der Waals surface area contributed by atoms with Gasteiger partial charge in [0.25, 0.3) is 35.1 Å². The van der Waals surface area contributed by atoms with Crippen molar-refractivity contribution in [2.75, 3.05) is 145 Å². The van der Waals surface area contributed by atoms with Gasteiger partial charge in [-0.25, -0.2) is 9.59 Å². The molecule has 2 rings (SSSR count). The summed E-state index contributed by atoms with van der Waals surface area (Å²) in [7, 11) is 0. The van der Waals surface area contributed by atoms with Crippen molar-refractivity contribution in [1.82, 2.24) is 0 Å². The Morgan fingerprint density at radius 3 is 0.670 bits per heavy atom. The quantitative estimate of drug-likeness (QED) is 0.0311. The smallest absolute Gasteiger partial charge is 0.330 e. The van der Waals surface area contributed by atoms with E-state index in [2.05, 4.69) is 13.2 Å². The molecule has 0 aromatic carbocycles. The summed E-state index contributed by atoms with van der Waals surface area (Å²) in [5.74, 6) is -22.0. The van der Waals surface area contributed by atoms with Crippen LogP contribution in [0.4, 0.5) is 0 Å². The topological polar surface area (TPSA) is 256 Å². The minimum atomic E-state index is -2.98. The van der Waals surface area contributed by atoms with E-state index >= 15 is 9.59 Å². The highest BCUT2D eigenvalue weighted by Gasteiger charge is 3.00. The predicted molar refractivity (Wildman–Crippen MR) is 416 cm³/mol. The lowest BCUT2D eigenvalue weighted by atomic mass is 9.44. The van der Waals surface area contributed by atoms with Gasteiger partial charge in [0.15, 0.2) is 34.6 Å². The largest absolute Gasteiger partial charge is 0.450 e. The fourth-order valence-corrected chi connectivity index (χ4v) is 15.6. The first-order chi connectivity index (χ1) is 52.3. The molecule has 6 atom stereocenters. The number of rotatable bonds is 68. The van der Waals surface area contributed by atoms with Crippen molar-refractivity contribution < 1.29 is 123 Å². The normalized spacial score (nSPS) is 23.6. The van der Waals surface area contributed by atoms with Gasteiger partial charge in [0.1, 0.15) is 0 Å². The lowest BCUT2D eigenvalue weighted by Gasteiger charge is -2.78. The van der Waals surface area contributed by atoms with Crippen molar-refractivity contribution in [1.29, 1.82) is 0 Å². The van der Waals surface area contributed by atoms with Gasteiger partial charge in [-0.1, -0.05) is 124 Å². The molecule has 0 spiro atoms. The molecule has 0 aliphatic heterocycles. The van der Waals surface area contributed by atoms with Gasteiger partial charge in [-0.2, -0.15) is 0 Å². The third kappa shape index (κ3) is 20.7. The predicted octanol–water partition coefficient (Wildman–Crippen LogP) is 15.7. The number of carbonyl (C=O) groups is 2. The van der Waals surface area contributed by atoms with Gasteiger partial charge in [0, 0.05) is 70.4 Å². The minimum absolute atomic E-state index is 0.0201. The summed E-state index contributed by atoms with van der Waals surface area (Å²) in [5, 5.41) is 0. The SMILES string of the molecule is C=CC(=O)OC1C(OCCC)(OCCC)C(C)(OCCC)C(OCCC)(OCCC)C(OCCC)(OCCC)C1(OCCC(OCC)(OCC)OCC)C(C)(C)C1(OCCC(OCC)(OCC)OCC)C(OC(=O)C=C)C(OCCC)(OCCC)C(C)(OCCC)C(OCCC)(OCCC)C1(OCCC)OCCC. The van der Waals surface area contributed by atoms with Crippen LogP contribution in [0.5, 0.6) is 0 Å². The molecule has 0 N–H and O–H groups in total. The Labute approximate surface area is 658 Å². The molecule has 26 nitrogen and oxygen atoms in total. The second kappa shape index (κ2) is 50.2. The van der Waals surface area contributed by atoms with Crippen LogP contribution in [0.3, 0.4) is 0 Å². The van der Waals surface area contributed by atoms with E-state index in [1.165, 1.54) is 0 Å². The molecule has 0 radical (unpaired) electrons. The van der Waals surface area contributed by atoms with Gasteiger partial charge >= 0.3 is 11.9 Å². The summed E-state index contributed by atoms with van der Waals surface area (Å²) in [5.41, 5.74) is -13.1. The number of hydrogen-bond acceptors (Lipinski definition) is 26. The van der Waals surface area contributed by atoms with E-state index in [1.807, 2.05) is 138 Å². The lowest BCUT2D eigenvalue weighted by Crippen LogP contribution is -3.02. The Balaban J connectivity index is 5.00. The molecule has 0 bridgehead atoms. The third-order valence-electron chi connectivity index (χ3n) is 19.5. The maximum absolute atomic E-state index is 16.2. The molecule has 2 aliphatic carbocycles. The Hall–Kier alpha value is -2.46. The molecular weight excluding hydrogens is 1410 g/mol. The summed E-state index contributed by atoms with van der Waals surface area (Å²) in [6.07, 6.45) is 1.82. The molecule has 109 heavy (non-hydrogen) atoms. The molecule has 644 valence electrons. The Morgan fingerprint density at radius 2 is 0.477 bits per heavy atom. The summed E-state index contributed by atoms with van der Waals surface area (Å²) in [6.45, 7) is 51.5. The van der Waals surface area contributed by atoms with Crippen LogP contribution in [-0.4, -0.2) is 239 Å². The second-order valence-electron chi connectivity index (χ2n) is 28.0. The zero-order valence-corrected chi connectivity index (χ0v) is 72.7. The minimum Gasteiger partial charge on any atom is -0.450 e. The van der Waals surface area contributed by atoms with Crippen molar-refractivity contribution in [3.8, 4) is 0 Å². The standard InChI is InChI=1S/C83H156O26/c1-27-51-92-72(25)78(96-53-29-3,97-54-30-4)69(108-67(84)41-15)76(94-65-49-74(86-43-17,87-44-18)88-45-19,82(104-61-37-11,105-62-38-12)80(72,100-57-33-7)101-58-34-8)71(23,24)77(95-66-50-75(89-46-20,90-47-21)91-48-22)70(109-68(85)42-16)79(98-55-31-5,99-56-32-6)73(26,93-52-28-2)81(102-59-35-9,103-60-36-10)83(77,106-63-39-13)107-64-40-14/h41-42,69-70H,15-16,27-40,43-66H2,1-14,17-26H3. The van der Waals surface area contributed by atoms with E-state index in [1.54, 1.807) is 27.7 Å². The summed E-state index contributed by atoms with van der Waals surface area (Å²) in [6, 6.07) is 0. The van der Waals surface area contributed by atoms with Crippen molar-refractivity contribution in [2.45, 2.75) is 350 Å². The number of hydrogen-bond donors (Lipinski definition) is 0. The van der Waals surface area contributed by atoms with Gasteiger partial charge in [0.2, 0.25) is 11.6 Å². The van der Waals surface area contributed by atoms with Crippen LogP contribution in [0.2, 0.25) is 0 Å². The monoisotopic (exact) mass is 1570 g/mol. The Kier molecular flexibility index (Phi) is 47.3. The van der Waals surface area contributed by atoms with Crippen LogP contribution in [-0.2, 0) is 123 Å². The van der Waals surface area contributed by atoms with Crippen molar-refractivity contribution in [2.24, 2.45) is 5.41 Å². The molecule has 0 aromatic rings. The summed E-state index contributed by atoms with van der Waals surface area (Å²) < 4.78 is 185. The van der Waals surface area contributed by atoms with E-state index in [0.717, 1.165) is 12.2 Å². The van der Waals surface area contributed by atoms with Gasteiger partial charge in [-0.3, -0.25) is 0 Å². The molecular formula is C83H156O26. The highest BCUT2D eigenvalue weighted by Crippen LogP contribution is 2.75. The van der Waals surface area contributed by atoms with Gasteiger partial charge in [0.05, 0.1) is 105 Å². The van der Waals surface area contributed by atoms with Crippen LogP contribution >= 0.6 is 0 Å². The number of ether oxygens (including phenoxy) is 24. The van der Waals surface area contributed by atoms with E-state index in [4.69, 9.17) is 114 Å². The van der Waals surface area contributed by atoms with Crippen LogP contribution < -0.4 is 0 Å². The van der Waals surface area contributed by atoms with E-state index in [0.29, 0.717) is 64.2 Å². The molecule has 0 aromatic heterocycles. The van der Waals surface area contributed by atoms with Crippen molar-refractivity contribution in [3.05, 3.63) is 25.3 Å². The molecule has 6 unspecified atom stereocenters.